The quantitative estimate of drug-likeness (QED) is 0.374. The molecule has 2 fully saturated rings. The molecule has 1 spiro atoms. The van der Waals surface area contributed by atoms with Crippen molar-refractivity contribution in [1.82, 2.24) is 24.9 Å². The molecule has 37 heavy (non-hydrogen) atoms. The number of nitrogens with one attached hydrogen (secondary N) is 2. The molecular formula is C28H32N6O3. The molecule has 0 aliphatic heterocycles. The van der Waals surface area contributed by atoms with E-state index in [-0.39, 0.29) is 22.9 Å². The van der Waals surface area contributed by atoms with Gasteiger partial charge in [-0.25, -0.2) is 10.1 Å². The summed E-state index contributed by atoms with van der Waals surface area (Å²) in [6.45, 7) is 4.03. The zero-order valence-electron chi connectivity index (χ0n) is 21.4. The summed E-state index contributed by atoms with van der Waals surface area (Å²) in [7, 11) is 1.92. The van der Waals surface area contributed by atoms with E-state index in [1.165, 1.54) is 0 Å². The highest BCUT2D eigenvalue weighted by atomic mass is 16.3. The first kappa shape index (κ1) is 23.7. The van der Waals surface area contributed by atoms with Gasteiger partial charge in [-0.3, -0.25) is 14.0 Å². The van der Waals surface area contributed by atoms with Gasteiger partial charge < -0.3 is 15.3 Å². The van der Waals surface area contributed by atoms with Gasteiger partial charge in [0.05, 0.1) is 22.9 Å². The summed E-state index contributed by atoms with van der Waals surface area (Å²) in [5.74, 6) is 0.218. The Labute approximate surface area is 214 Å². The van der Waals surface area contributed by atoms with Crippen LogP contribution in [0.2, 0.25) is 0 Å². The fraction of sp³-hybridized carbons (Fsp3) is 0.429. The van der Waals surface area contributed by atoms with Gasteiger partial charge in [-0.1, -0.05) is 18.2 Å². The zero-order valence-corrected chi connectivity index (χ0v) is 21.4. The summed E-state index contributed by atoms with van der Waals surface area (Å²) in [6, 6.07) is 11.6. The van der Waals surface area contributed by atoms with Crippen LogP contribution in [0.4, 0.5) is 5.69 Å². The third-order valence-corrected chi connectivity index (χ3v) is 7.96. The predicted molar refractivity (Wildman–Crippen MR) is 142 cm³/mol. The molecule has 0 unspecified atom stereocenters. The zero-order chi connectivity index (χ0) is 25.9. The van der Waals surface area contributed by atoms with Crippen molar-refractivity contribution in [2.45, 2.75) is 57.1 Å². The lowest BCUT2D eigenvalue weighted by molar-refractivity contribution is -0.0197. The molecule has 3 aromatic heterocycles. The van der Waals surface area contributed by atoms with E-state index in [2.05, 4.69) is 20.5 Å². The van der Waals surface area contributed by atoms with Crippen LogP contribution in [-0.2, 0) is 0 Å². The van der Waals surface area contributed by atoms with Crippen LogP contribution in [0.25, 0.3) is 16.4 Å². The van der Waals surface area contributed by atoms with Gasteiger partial charge in [0.1, 0.15) is 11.3 Å². The Hall–Kier alpha value is -3.72. The number of hydrogen-bond donors (Lipinski definition) is 3. The van der Waals surface area contributed by atoms with Crippen LogP contribution in [0, 0.1) is 5.41 Å². The maximum absolute atomic E-state index is 13.1. The lowest BCUT2D eigenvalue weighted by atomic mass is 9.49. The number of anilines is 1. The topological polar surface area (TPSA) is 116 Å². The Kier molecular flexibility index (Phi) is 5.38. The first-order valence-corrected chi connectivity index (χ1v) is 12.8. The molecule has 0 radical (unpaired) electrons. The molecule has 192 valence electrons. The number of H-pyrrole nitrogens is 1. The molecule has 0 saturated heterocycles. The molecule has 6 rings (SSSR count). The number of likely N-dealkylation sites (N-methyl/N-ethyl adjacent to an activating group) is 1. The number of nitrogens with zero attached hydrogens (tertiary/aromatic N) is 4. The molecule has 0 bridgehead atoms. The van der Waals surface area contributed by atoms with Crippen molar-refractivity contribution in [1.29, 1.82) is 0 Å². The summed E-state index contributed by atoms with van der Waals surface area (Å²) < 4.78 is 1.80. The maximum Gasteiger partial charge on any atom is 0.272 e. The van der Waals surface area contributed by atoms with Gasteiger partial charge in [0.2, 0.25) is 0 Å². The summed E-state index contributed by atoms with van der Waals surface area (Å²) >= 11 is 0. The Balaban J connectivity index is 1.08. The minimum atomic E-state index is -0.813. The van der Waals surface area contributed by atoms with Crippen LogP contribution in [0.5, 0.6) is 0 Å². The Morgan fingerprint density at radius 1 is 1.22 bits per heavy atom. The number of pyridine rings is 1. The van der Waals surface area contributed by atoms with Crippen LogP contribution in [0.3, 0.4) is 0 Å². The summed E-state index contributed by atoms with van der Waals surface area (Å²) in [5, 5.41) is 22.0. The van der Waals surface area contributed by atoms with Crippen molar-refractivity contribution in [2.24, 2.45) is 5.41 Å². The monoisotopic (exact) mass is 500 g/mol. The van der Waals surface area contributed by atoms with Crippen LogP contribution in [-0.4, -0.2) is 55.8 Å². The average Bonchev–Trinajstić information content (AvgIpc) is 3.23. The van der Waals surface area contributed by atoms with Gasteiger partial charge in [-0.05, 0) is 57.1 Å². The van der Waals surface area contributed by atoms with Crippen LogP contribution >= 0.6 is 0 Å². The largest absolute Gasteiger partial charge is 0.389 e. The van der Waals surface area contributed by atoms with Crippen molar-refractivity contribution in [3.63, 3.8) is 0 Å². The van der Waals surface area contributed by atoms with E-state index in [0.717, 1.165) is 42.5 Å². The molecule has 9 nitrogen and oxygen atoms in total. The fourth-order valence-electron chi connectivity index (χ4n) is 6.35. The van der Waals surface area contributed by atoms with E-state index in [4.69, 9.17) is 0 Å². The maximum atomic E-state index is 13.1. The van der Waals surface area contributed by atoms with Gasteiger partial charge in [-0.15, -0.1) is 0 Å². The SMILES string of the molecule is CN(CC(C)(C)O)c1ccn2c(C(=O)N[C@H]3CC4(C3)C[C@H](c3n[nH]c(=O)c5ccccc53)C4)cnc2c1. The van der Waals surface area contributed by atoms with Crippen LogP contribution in [0.1, 0.15) is 61.6 Å². The molecule has 1 amide bonds. The number of amides is 1. The molecule has 2 aliphatic carbocycles. The first-order chi connectivity index (χ1) is 17.6. The van der Waals surface area contributed by atoms with Gasteiger partial charge >= 0.3 is 0 Å². The third kappa shape index (κ3) is 4.27. The van der Waals surface area contributed by atoms with Gasteiger partial charge in [0.25, 0.3) is 11.5 Å². The predicted octanol–water partition coefficient (Wildman–Crippen LogP) is 3.23. The fourth-order valence-corrected chi connectivity index (χ4v) is 6.35. The van der Waals surface area contributed by atoms with E-state index in [0.29, 0.717) is 29.2 Å². The van der Waals surface area contributed by atoms with Crippen molar-refractivity contribution in [3.05, 3.63) is 70.5 Å². The minimum Gasteiger partial charge on any atom is -0.389 e. The molecular weight excluding hydrogens is 468 g/mol. The number of carbonyl (C=O) groups excluding carboxylic acids is 1. The Morgan fingerprint density at radius 3 is 2.68 bits per heavy atom. The molecule has 9 heteroatoms. The second kappa shape index (κ2) is 8.41. The summed E-state index contributed by atoms with van der Waals surface area (Å²) in [6.07, 6.45) is 7.44. The number of rotatable bonds is 6. The third-order valence-electron chi connectivity index (χ3n) is 7.96. The second-order valence-corrected chi connectivity index (χ2v) is 11.6. The number of aliphatic hydroxyl groups is 1. The molecule has 2 saturated carbocycles. The van der Waals surface area contributed by atoms with E-state index in [1.54, 1.807) is 24.4 Å². The minimum absolute atomic E-state index is 0.117. The van der Waals surface area contributed by atoms with Gasteiger partial charge in [0.15, 0.2) is 0 Å². The summed E-state index contributed by atoms with van der Waals surface area (Å²) in [5.41, 5.74) is 2.40. The van der Waals surface area contributed by atoms with E-state index in [1.807, 2.05) is 54.5 Å². The van der Waals surface area contributed by atoms with Crippen molar-refractivity contribution >= 4 is 28.0 Å². The lowest BCUT2D eigenvalue weighted by Crippen LogP contribution is -2.55. The number of fused-ring (bicyclic) bond motifs is 2. The molecule has 3 heterocycles. The number of aromatic nitrogens is 4. The standard InChI is InChI=1S/C28H32N6O3/c1-27(2,37)16-33(3)19-8-9-34-22(15-29-23(34)10-19)26(36)30-18-13-28(14-18)11-17(12-28)24-20-6-4-5-7-21(20)25(35)32-31-24/h4-10,15,17-18,37H,11-14,16H2,1-3H3,(H,30,36)(H,32,35)/t17-,18-,28?. The first-order valence-electron chi connectivity index (χ1n) is 12.8. The number of aromatic amines is 1. The van der Waals surface area contributed by atoms with Gasteiger partial charge in [-0.2, -0.15) is 5.10 Å². The Bertz CT molecular complexity index is 1550. The molecule has 0 atom stereocenters. The van der Waals surface area contributed by atoms with Gasteiger partial charge in [0, 0.05) is 48.9 Å². The number of imidazole rings is 1. The van der Waals surface area contributed by atoms with Crippen LogP contribution < -0.4 is 15.8 Å². The van der Waals surface area contributed by atoms with E-state index < -0.39 is 5.60 Å². The highest BCUT2D eigenvalue weighted by molar-refractivity contribution is 5.93. The van der Waals surface area contributed by atoms with Crippen LogP contribution in [0.15, 0.2) is 53.6 Å². The number of benzene rings is 1. The van der Waals surface area contributed by atoms with Crippen molar-refractivity contribution in [3.8, 4) is 0 Å². The Morgan fingerprint density at radius 2 is 1.95 bits per heavy atom. The average molecular weight is 501 g/mol. The van der Waals surface area contributed by atoms with E-state index in [9.17, 15) is 14.7 Å². The highest BCUT2D eigenvalue weighted by Crippen LogP contribution is 2.62. The normalized spacial score (nSPS) is 23.1. The van der Waals surface area contributed by atoms with Crippen molar-refractivity contribution in [2.75, 3.05) is 18.5 Å². The highest BCUT2D eigenvalue weighted by Gasteiger charge is 2.54. The molecule has 1 aromatic carbocycles. The molecule has 4 aromatic rings. The second-order valence-electron chi connectivity index (χ2n) is 11.6. The number of hydrogen-bond acceptors (Lipinski definition) is 6. The smallest absolute Gasteiger partial charge is 0.272 e. The summed E-state index contributed by atoms with van der Waals surface area (Å²) in [4.78, 5) is 31.6. The number of carbonyl (C=O) groups is 1. The van der Waals surface area contributed by atoms with Crippen molar-refractivity contribution < 1.29 is 9.90 Å². The molecule has 3 N–H and O–H groups in total. The van der Waals surface area contributed by atoms with E-state index >= 15 is 0 Å². The lowest BCUT2D eigenvalue weighted by Gasteiger charge is -2.57. The molecule has 2 aliphatic rings.